The van der Waals surface area contributed by atoms with Crippen LogP contribution in [0.1, 0.15) is 18.2 Å². The fourth-order valence-corrected chi connectivity index (χ4v) is 2.53. The zero-order valence-electron chi connectivity index (χ0n) is 11.8. The highest BCUT2D eigenvalue weighted by Crippen LogP contribution is 2.27. The number of benzene rings is 1. The maximum absolute atomic E-state index is 9.20. The average molecular weight is 265 g/mol. The van der Waals surface area contributed by atoms with Crippen LogP contribution < -0.4 is 0 Å². The zero-order chi connectivity index (χ0) is 14.3. The van der Waals surface area contributed by atoms with Gasteiger partial charge in [0.15, 0.2) is 0 Å². The van der Waals surface area contributed by atoms with Crippen molar-refractivity contribution < 1.29 is 0 Å². The van der Waals surface area contributed by atoms with E-state index in [9.17, 15) is 5.26 Å². The van der Waals surface area contributed by atoms with E-state index < -0.39 is 0 Å². The highest BCUT2D eigenvalue weighted by Gasteiger charge is 2.17. The molecule has 2 heterocycles. The fourth-order valence-electron chi connectivity index (χ4n) is 2.53. The number of hydrogen-bond donors (Lipinski definition) is 0. The number of rotatable bonds is 2. The molecule has 3 rings (SSSR count). The summed E-state index contributed by atoms with van der Waals surface area (Å²) in [6.45, 7) is 2.08. The van der Waals surface area contributed by atoms with Crippen LogP contribution in [0.2, 0.25) is 0 Å². The van der Waals surface area contributed by atoms with Gasteiger partial charge in [-0.3, -0.25) is 4.68 Å². The first-order chi connectivity index (χ1) is 9.65. The summed E-state index contributed by atoms with van der Waals surface area (Å²) < 4.78 is 3.82. The van der Waals surface area contributed by atoms with Gasteiger partial charge in [0.05, 0.1) is 22.3 Å². The van der Waals surface area contributed by atoms with E-state index in [1.54, 1.807) is 10.7 Å². The first kappa shape index (κ1) is 12.4. The molecule has 0 amide bonds. The second kappa shape index (κ2) is 4.49. The van der Waals surface area contributed by atoms with E-state index in [1.165, 1.54) is 0 Å². The number of para-hydroxylation sites is 1. The summed E-state index contributed by atoms with van der Waals surface area (Å²) in [6, 6.07) is 7.86. The van der Waals surface area contributed by atoms with Crippen LogP contribution in [0.3, 0.4) is 0 Å². The number of imidazole rings is 1. The Morgan fingerprint density at radius 1 is 1.30 bits per heavy atom. The summed E-state index contributed by atoms with van der Waals surface area (Å²) in [4.78, 5) is 4.66. The lowest BCUT2D eigenvalue weighted by Gasteiger charge is -2.01. The molecular formula is C15H15N5. The van der Waals surface area contributed by atoms with Crippen molar-refractivity contribution in [2.45, 2.75) is 13.3 Å². The van der Waals surface area contributed by atoms with Crippen LogP contribution in [0.4, 0.5) is 0 Å². The second-order valence-corrected chi connectivity index (χ2v) is 4.80. The molecule has 0 aliphatic rings. The van der Waals surface area contributed by atoms with Crippen LogP contribution in [-0.4, -0.2) is 19.3 Å². The highest BCUT2D eigenvalue weighted by molar-refractivity contribution is 5.85. The van der Waals surface area contributed by atoms with Crippen LogP contribution >= 0.6 is 0 Å². The maximum atomic E-state index is 9.20. The molecule has 0 aliphatic carbocycles. The van der Waals surface area contributed by atoms with Crippen molar-refractivity contribution in [1.82, 2.24) is 19.3 Å². The molecule has 1 aromatic carbocycles. The van der Waals surface area contributed by atoms with Crippen LogP contribution in [0.25, 0.3) is 22.4 Å². The van der Waals surface area contributed by atoms with Gasteiger partial charge in [-0.15, -0.1) is 0 Å². The van der Waals surface area contributed by atoms with Gasteiger partial charge in [0.2, 0.25) is 0 Å². The summed E-state index contributed by atoms with van der Waals surface area (Å²) in [6.07, 6.45) is 2.83. The van der Waals surface area contributed by atoms with Crippen LogP contribution in [0.5, 0.6) is 0 Å². The molecule has 20 heavy (non-hydrogen) atoms. The van der Waals surface area contributed by atoms with Gasteiger partial charge in [-0.2, -0.15) is 10.4 Å². The molecule has 5 nitrogen and oxygen atoms in total. The van der Waals surface area contributed by atoms with Gasteiger partial charge in [0.25, 0.3) is 0 Å². The maximum Gasteiger partial charge on any atom is 0.144 e. The summed E-state index contributed by atoms with van der Waals surface area (Å²) >= 11 is 0. The topological polar surface area (TPSA) is 59.4 Å². The Hall–Kier alpha value is -2.61. The zero-order valence-corrected chi connectivity index (χ0v) is 11.8. The number of nitrogens with zero attached hydrogens (tertiary/aromatic N) is 5. The van der Waals surface area contributed by atoms with Gasteiger partial charge < -0.3 is 4.57 Å². The lowest BCUT2D eigenvalue weighted by atomic mass is 10.2. The summed E-state index contributed by atoms with van der Waals surface area (Å²) in [5, 5.41) is 13.7. The van der Waals surface area contributed by atoms with Crippen molar-refractivity contribution in [2.75, 3.05) is 0 Å². The van der Waals surface area contributed by atoms with Crippen molar-refractivity contribution in [3.63, 3.8) is 0 Å². The Balaban J connectivity index is 2.32. The van der Waals surface area contributed by atoms with E-state index in [0.717, 1.165) is 34.5 Å². The van der Waals surface area contributed by atoms with Gasteiger partial charge in [0, 0.05) is 20.3 Å². The minimum absolute atomic E-state index is 0.603. The molecule has 100 valence electrons. The Bertz CT molecular complexity index is 832. The molecule has 0 aliphatic heterocycles. The lowest BCUT2D eigenvalue weighted by molar-refractivity contribution is 0.746. The SMILES string of the molecule is CCc1nn(C)cc1-c1nc2c(C#N)cccc2n1C. The molecule has 0 spiro atoms. The Labute approximate surface area is 117 Å². The van der Waals surface area contributed by atoms with Crippen molar-refractivity contribution in [2.24, 2.45) is 14.1 Å². The minimum Gasteiger partial charge on any atom is -0.327 e. The van der Waals surface area contributed by atoms with Crippen LogP contribution in [-0.2, 0) is 20.5 Å². The van der Waals surface area contributed by atoms with Crippen molar-refractivity contribution in [3.8, 4) is 17.5 Å². The van der Waals surface area contributed by atoms with Gasteiger partial charge in [-0.05, 0) is 18.6 Å². The minimum atomic E-state index is 0.603. The van der Waals surface area contributed by atoms with Gasteiger partial charge >= 0.3 is 0 Å². The van der Waals surface area contributed by atoms with E-state index in [1.807, 2.05) is 37.0 Å². The molecule has 0 bridgehead atoms. The molecule has 0 radical (unpaired) electrons. The molecule has 0 fully saturated rings. The highest BCUT2D eigenvalue weighted by atomic mass is 15.3. The quantitative estimate of drug-likeness (QED) is 0.715. The normalized spacial score (nSPS) is 10.9. The fraction of sp³-hybridized carbons (Fsp3) is 0.267. The monoisotopic (exact) mass is 265 g/mol. The standard InChI is InChI=1S/C15H15N5/c1-4-12-11(9-19(2)18-12)15-17-14-10(8-16)6-5-7-13(14)20(15)3/h5-7,9H,4H2,1-3H3. The van der Waals surface area contributed by atoms with Crippen molar-refractivity contribution >= 4 is 11.0 Å². The predicted octanol–water partition coefficient (Wildman–Crippen LogP) is 2.41. The Morgan fingerprint density at radius 3 is 2.80 bits per heavy atom. The lowest BCUT2D eigenvalue weighted by Crippen LogP contribution is -1.94. The van der Waals surface area contributed by atoms with E-state index in [-0.39, 0.29) is 0 Å². The number of fused-ring (bicyclic) bond motifs is 1. The molecule has 2 aromatic heterocycles. The molecule has 5 heteroatoms. The molecular weight excluding hydrogens is 250 g/mol. The average Bonchev–Trinajstić information content (AvgIpc) is 2.99. The van der Waals surface area contributed by atoms with E-state index in [2.05, 4.69) is 23.1 Å². The summed E-state index contributed by atoms with van der Waals surface area (Å²) in [5.74, 6) is 0.854. The van der Waals surface area contributed by atoms with Crippen LogP contribution in [0, 0.1) is 11.3 Å². The Morgan fingerprint density at radius 2 is 2.10 bits per heavy atom. The largest absolute Gasteiger partial charge is 0.327 e. The van der Waals surface area contributed by atoms with Gasteiger partial charge in [0.1, 0.15) is 17.4 Å². The van der Waals surface area contributed by atoms with Crippen LogP contribution in [0.15, 0.2) is 24.4 Å². The first-order valence-corrected chi connectivity index (χ1v) is 6.54. The predicted molar refractivity (Wildman–Crippen MR) is 77.0 cm³/mol. The van der Waals surface area contributed by atoms with E-state index >= 15 is 0 Å². The molecule has 3 aromatic rings. The van der Waals surface area contributed by atoms with E-state index in [0.29, 0.717) is 5.56 Å². The number of aromatic nitrogens is 4. The third-order valence-electron chi connectivity index (χ3n) is 3.51. The number of hydrogen-bond acceptors (Lipinski definition) is 3. The van der Waals surface area contributed by atoms with Gasteiger partial charge in [-0.25, -0.2) is 4.98 Å². The van der Waals surface area contributed by atoms with Gasteiger partial charge in [-0.1, -0.05) is 13.0 Å². The summed E-state index contributed by atoms with van der Waals surface area (Å²) in [7, 11) is 3.88. The first-order valence-electron chi connectivity index (χ1n) is 6.54. The number of nitriles is 1. The molecule has 0 saturated carbocycles. The third kappa shape index (κ3) is 1.69. The molecule has 0 saturated heterocycles. The third-order valence-corrected chi connectivity index (χ3v) is 3.51. The smallest absolute Gasteiger partial charge is 0.144 e. The Kier molecular flexibility index (Phi) is 2.79. The van der Waals surface area contributed by atoms with E-state index in [4.69, 9.17) is 0 Å². The summed E-state index contributed by atoms with van der Waals surface area (Å²) in [5.41, 5.74) is 4.36. The molecule has 0 N–H and O–H groups in total. The van der Waals surface area contributed by atoms with Crippen molar-refractivity contribution in [3.05, 3.63) is 35.7 Å². The number of aryl methyl sites for hydroxylation is 3. The van der Waals surface area contributed by atoms with Crippen molar-refractivity contribution in [1.29, 1.82) is 5.26 Å². The second-order valence-electron chi connectivity index (χ2n) is 4.80. The molecule has 0 unspecified atom stereocenters. The molecule has 0 atom stereocenters.